The number of halogens is 1. The molecule has 0 heterocycles. The van der Waals surface area contributed by atoms with E-state index in [0.717, 1.165) is 25.7 Å². The monoisotopic (exact) mass is 249 g/mol. The summed E-state index contributed by atoms with van der Waals surface area (Å²) in [5.41, 5.74) is 10.5. The van der Waals surface area contributed by atoms with Crippen LogP contribution < -0.4 is 16.8 Å². The van der Waals surface area contributed by atoms with Gasteiger partial charge in [0.25, 0.3) is 0 Å². The number of carbonyl (C=O) groups excluding carboxylic acids is 2. The molecule has 1 aliphatic carbocycles. The van der Waals surface area contributed by atoms with Crippen molar-refractivity contribution in [3.05, 3.63) is 0 Å². The molecule has 0 aromatic rings. The smallest absolute Gasteiger partial charge is 0.237 e. The first kappa shape index (κ1) is 15.2. The van der Waals surface area contributed by atoms with E-state index in [-0.39, 0.29) is 30.8 Å². The summed E-state index contributed by atoms with van der Waals surface area (Å²) < 4.78 is 0. The third-order valence-corrected chi connectivity index (χ3v) is 2.71. The molecule has 5 nitrogen and oxygen atoms in total. The maximum atomic E-state index is 11.5. The molecule has 1 saturated carbocycles. The zero-order valence-electron chi connectivity index (χ0n) is 9.28. The summed E-state index contributed by atoms with van der Waals surface area (Å²) in [7, 11) is 0. The van der Waals surface area contributed by atoms with Crippen LogP contribution in [0.2, 0.25) is 0 Å². The Labute approximate surface area is 102 Å². The molecule has 0 radical (unpaired) electrons. The van der Waals surface area contributed by atoms with Crippen molar-refractivity contribution >= 4 is 24.2 Å². The van der Waals surface area contributed by atoms with Crippen molar-refractivity contribution in [1.82, 2.24) is 5.32 Å². The maximum absolute atomic E-state index is 11.5. The second kappa shape index (κ2) is 7.46. The summed E-state index contributed by atoms with van der Waals surface area (Å²) in [6.07, 6.45) is 5.47. The molecule has 2 amide bonds. The Morgan fingerprint density at radius 2 is 1.81 bits per heavy atom. The van der Waals surface area contributed by atoms with Crippen LogP contribution in [0.15, 0.2) is 0 Å². The second-order valence-corrected chi connectivity index (χ2v) is 4.12. The summed E-state index contributed by atoms with van der Waals surface area (Å²) in [4.78, 5) is 22.1. The van der Waals surface area contributed by atoms with Crippen LogP contribution in [0.5, 0.6) is 0 Å². The number of nitrogens with one attached hydrogen (secondary N) is 1. The highest BCUT2D eigenvalue weighted by Gasteiger charge is 2.20. The zero-order valence-corrected chi connectivity index (χ0v) is 10.1. The van der Waals surface area contributed by atoms with E-state index < -0.39 is 11.9 Å². The van der Waals surface area contributed by atoms with Crippen LogP contribution in [0.3, 0.4) is 0 Å². The van der Waals surface area contributed by atoms with Gasteiger partial charge in [-0.2, -0.15) is 0 Å². The van der Waals surface area contributed by atoms with Crippen molar-refractivity contribution < 1.29 is 9.59 Å². The van der Waals surface area contributed by atoms with Crippen LogP contribution in [0.1, 0.15) is 38.5 Å². The van der Waals surface area contributed by atoms with Crippen molar-refractivity contribution in [2.24, 2.45) is 11.5 Å². The Bertz CT molecular complexity index is 242. The molecule has 0 spiro atoms. The van der Waals surface area contributed by atoms with E-state index >= 15 is 0 Å². The molecule has 16 heavy (non-hydrogen) atoms. The molecule has 6 heteroatoms. The molecule has 0 aliphatic heterocycles. The molecule has 5 N–H and O–H groups in total. The zero-order chi connectivity index (χ0) is 11.3. The van der Waals surface area contributed by atoms with Gasteiger partial charge in [-0.05, 0) is 12.8 Å². The normalized spacial score (nSPS) is 18.3. The lowest BCUT2D eigenvalue weighted by molar-refractivity contribution is -0.127. The standard InChI is InChI=1S/C10H19N3O2.ClH/c11-8(6-9(12)14)10(15)13-7-4-2-1-3-5-7;/h7-8H,1-6,11H2,(H2,12,14)(H,13,15);1H. The quantitative estimate of drug-likeness (QED) is 0.657. The van der Waals surface area contributed by atoms with E-state index in [0.29, 0.717) is 0 Å². The van der Waals surface area contributed by atoms with Crippen LogP contribution in [0.4, 0.5) is 0 Å². The van der Waals surface area contributed by atoms with Gasteiger partial charge in [0, 0.05) is 6.04 Å². The van der Waals surface area contributed by atoms with Gasteiger partial charge in [-0.1, -0.05) is 19.3 Å². The molecule has 0 aromatic heterocycles. The minimum Gasteiger partial charge on any atom is -0.370 e. The van der Waals surface area contributed by atoms with Gasteiger partial charge in [-0.3, -0.25) is 9.59 Å². The first-order chi connectivity index (χ1) is 7.09. The molecular formula is C10H20ClN3O2. The van der Waals surface area contributed by atoms with Crippen LogP contribution in [-0.2, 0) is 9.59 Å². The van der Waals surface area contributed by atoms with E-state index in [1.807, 2.05) is 0 Å². The molecular weight excluding hydrogens is 230 g/mol. The van der Waals surface area contributed by atoms with Crippen LogP contribution in [0, 0.1) is 0 Å². The number of amides is 2. The van der Waals surface area contributed by atoms with E-state index in [1.165, 1.54) is 6.42 Å². The number of rotatable bonds is 4. The van der Waals surface area contributed by atoms with E-state index in [9.17, 15) is 9.59 Å². The van der Waals surface area contributed by atoms with Gasteiger partial charge < -0.3 is 16.8 Å². The minimum absolute atomic E-state index is 0. The number of primary amides is 1. The molecule has 0 aromatic carbocycles. The predicted molar refractivity (Wildman–Crippen MR) is 64.1 cm³/mol. The van der Waals surface area contributed by atoms with Gasteiger partial charge in [-0.25, -0.2) is 0 Å². The Morgan fingerprint density at radius 3 is 2.31 bits per heavy atom. The van der Waals surface area contributed by atoms with E-state index in [2.05, 4.69) is 5.32 Å². The molecule has 1 rings (SSSR count). The number of carbonyl (C=O) groups is 2. The first-order valence-corrected chi connectivity index (χ1v) is 5.44. The SMILES string of the molecule is Cl.NC(=O)CC(N)C(=O)NC1CCCCC1. The summed E-state index contributed by atoms with van der Waals surface area (Å²) >= 11 is 0. The highest BCUT2D eigenvalue weighted by Crippen LogP contribution is 2.17. The average molecular weight is 250 g/mol. The maximum Gasteiger partial charge on any atom is 0.237 e. The molecule has 1 aliphatic rings. The van der Waals surface area contributed by atoms with Crippen LogP contribution in [-0.4, -0.2) is 23.9 Å². The number of nitrogens with two attached hydrogens (primary N) is 2. The lowest BCUT2D eigenvalue weighted by Crippen LogP contribution is -2.47. The van der Waals surface area contributed by atoms with Crippen molar-refractivity contribution in [3.63, 3.8) is 0 Å². The van der Waals surface area contributed by atoms with Crippen LogP contribution in [0.25, 0.3) is 0 Å². The Morgan fingerprint density at radius 1 is 1.25 bits per heavy atom. The van der Waals surface area contributed by atoms with Crippen molar-refractivity contribution in [2.75, 3.05) is 0 Å². The first-order valence-electron chi connectivity index (χ1n) is 5.44. The lowest BCUT2D eigenvalue weighted by Gasteiger charge is -2.24. The minimum atomic E-state index is -0.801. The van der Waals surface area contributed by atoms with Crippen LogP contribution >= 0.6 is 12.4 Å². The average Bonchev–Trinajstić information content (AvgIpc) is 2.18. The fraction of sp³-hybridized carbons (Fsp3) is 0.800. The van der Waals surface area contributed by atoms with Crippen molar-refractivity contribution in [1.29, 1.82) is 0 Å². The summed E-state index contributed by atoms with van der Waals surface area (Å²) in [5, 5.41) is 2.85. The molecule has 0 bridgehead atoms. The van der Waals surface area contributed by atoms with Gasteiger partial charge >= 0.3 is 0 Å². The fourth-order valence-electron chi connectivity index (χ4n) is 1.86. The van der Waals surface area contributed by atoms with Gasteiger partial charge in [0.15, 0.2) is 0 Å². The lowest BCUT2D eigenvalue weighted by atomic mass is 9.95. The topological polar surface area (TPSA) is 98.2 Å². The highest BCUT2D eigenvalue weighted by atomic mass is 35.5. The summed E-state index contributed by atoms with van der Waals surface area (Å²) in [6.45, 7) is 0. The summed E-state index contributed by atoms with van der Waals surface area (Å²) in [5.74, 6) is -0.804. The molecule has 1 unspecified atom stereocenters. The van der Waals surface area contributed by atoms with Crippen molar-refractivity contribution in [2.45, 2.75) is 50.6 Å². The van der Waals surface area contributed by atoms with Crippen molar-refractivity contribution in [3.8, 4) is 0 Å². The van der Waals surface area contributed by atoms with Gasteiger partial charge in [0.2, 0.25) is 11.8 Å². The Kier molecular flexibility index (Phi) is 7.08. The Balaban J connectivity index is 0.00000225. The molecule has 0 saturated heterocycles. The fourth-order valence-corrected chi connectivity index (χ4v) is 1.86. The van der Waals surface area contributed by atoms with E-state index in [4.69, 9.17) is 11.5 Å². The third kappa shape index (κ3) is 5.32. The number of hydrogen-bond donors (Lipinski definition) is 3. The highest BCUT2D eigenvalue weighted by molar-refractivity contribution is 5.87. The third-order valence-electron chi connectivity index (χ3n) is 2.71. The molecule has 1 fully saturated rings. The summed E-state index contributed by atoms with van der Waals surface area (Å²) in [6, 6.07) is -0.574. The largest absolute Gasteiger partial charge is 0.370 e. The van der Waals surface area contributed by atoms with Gasteiger partial charge in [-0.15, -0.1) is 12.4 Å². The predicted octanol–water partition coefficient (Wildman–Crippen LogP) is 0.0598. The Hall–Kier alpha value is -0.810. The second-order valence-electron chi connectivity index (χ2n) is 4.12. The van der Waals surface area contributed by atoms with Gasteiger partial charge in [0.1, 0.15) is 0 Å². The number of hydrogen-bond acceptors (Lipinski definition) is 3. The van der Waals surface area contributed by atoms with Gasteiger partial charge in [0.05, 0.1) is 12.5 Å². The molecule has 94 valence electrons. The van der Waals surface area contributed by atoms with E-state index in [1.54, 1.807) is 0 Å². The molecule has 1 atom stereocenters.